The number of hydrogen-bond donors (Lipinski definition) is 0. The number of aromatic nitrogens is 1. The zero-order valence-corrected chi connectivity index (χ0v) is 10.9. The van der Waals surface area contributed by atoms with Crippen molar-refractivity contribution in [3.63, 3.8) is 0 Å². The Balaban J connectivity index is 2.19. The third-order valence-electron chi connectivity index (χ3n) is 2.55. The van der Waals surface area contributed by atoms with E-state index in [-0.39, 0.29) is 12.1 Å². The van der Waals surface area contributed by atoms with E-state index in [1.54, 1.807) is 18.3 Å². The summed E-state index contributed by atoms with van der Waals surface area (Å²) in [5, 5.41) is 0. The van der Waals surface area contributed by atoms with Crippen molar-refractivity contribution in [1.82, 2.24) is 4.98 Å². The van der Waals surface area contributed by atoms with E-state index < -0.39 is 0 Å². The van der Waals surface area contributed by atoms with Gasteiger partial charge in [0.15, 0.2) is 0 Å². The molecule has 0 aliphatic heterocycles. The SMILES string of the molecule is CC(=O)Oc1ccccc1C(C)Oc1ccccn1. The van der Waals surface area contributed by atoms with Gasteiger partial charge in [0.2, 0.25) is 5.88 Å². The standard InChI is InChI=1S/C15H15NO3/c1-11(18-15-9-5-6-10-16-15)13-7-3-4-8-14(13)19-12(2)17/h3-11H,1-2H3. The van der Waals surface area contributed by atoms with Crippen LogP contribution in [0.2, 0.25) is 0 Å². The first-order valence-corrected chi connectivity index (χ1v) is 6.02. The van der Waals surface area contributed by atoms with Crippen molar-refractivity contribution >= 4 is 5.97 Å². The zero-order valence-electron chi connectivity index (χ0n) is 10.9. The topological polar surface area (TPSA) is 48.4 Å². The molecule has 4 nitrogen and oxygen atoms in total. The lowest BCUT2D eigenvalue weighted by atomic mass is 10.1. The molecule has 19 heavy (non-hydrogen) atoms. The minimum absolute atomic E-state index is 0.259. The Bertz CT molecular complexity index is 554. The number of carbonyl (C=O) groups excluding carboxylic acids is 1. The molecule has 0 radical (unpaired) electrons. The lowest BCUT2D eigenvalue weighted by molar-refractivity contribution is -0.131. The minimum atomic E-state index is -0.350. The Labute approximate surface area is 112 Å². The smallest absolute Gasteiger partial charge is 0.308 e. The average Bonchev–Trinajstić information content (AvgIpc) is 2.39. The van der Waals surface area contributed by atoms with Crippen molar-refractivity contribution in [2.45, 2.75) is 20.0 Å². The van der Waals surface area contributed by atoms with E-state index in [4.69, 9.17) is 9.47 Å². The number of rotatable bonds is 4. The highest BCUT2D eigenvalue weighted by Gasteiger charge is 2.14. The Hall–Kier alpha value is -2.36. The quantitative estimate of drug-likeness (QED) is 0.623. The number of para-hydroxylation sites is 1. The molecule has 0 bridgehead atoms. The largest absolute Gasteiger partial charge is 0.470 e. The third kappa shape index (κ3) is 3.55. The fourth-order valence-electron chi connectivity index (χ4n) is 1.73. The van der Waals surface area contributed by atoms with E-state index in [0.29, 0.717) is 11.6 Å². The van der Waals surface area contributed by atoms with Crippen molar-refractivity contribution in [2.24, 2.45) is 0 Å². The Kier molecular flexibility index (Phi) is 4.13. The number of esters is 1. The van der Waals surface area contributed by atoms with Gasteiger partial charge in [-0.2, -0.15) is 0 Å². The lowest BCUT2D eigenvalue weighted by Gasteiger charge is -2.16. The summed E-state index contributed by atoms with van der Waals surface area (Å²) in [6, 6.07) is 12.8. The average molecular weight is 257 g/mol. The van der Waals surface area contributed by atoms with E-state index in [2.05, 4.69) is 4.98 Å². The zero-order chi connectivity index (χ0) is 13.7. The second-order valence-corrected chi connectivity index (χ2v) is 4.06. The van der Waals surface area contributed by atoms with Gasteiger partial charge in [-0.25, -0.2) is 4.98 Å². The summed E-state index contributed by atoms with van der Waals surface area (Å²) in [6.07, 6.45) is 1.41. The monoisotopic (exact) mass is 257 g/mol. The number of pyridine rings is 1. The highest BCUT2D eigenvalue weighted by molar-refractivity contribution is 5.69. The fraction of sp³-hybridized carbons (Fsp3) is 0.200. The maximum Gasteiger partial charge on any atom is 0.308 e. The second-order valence-electron chi connectivity index (χ2n) is 4.06. The van der Waals surface area contributed by atoms with Gasteiger partial charge in [0.1, 0.15) is 11.9 Å². The van der Waals surface area contributed by atoms with Gasteiger partial charge in [0.25, 0.3) is 0 Å². The minimum Gasteiger partial charge on any atom is -0.470 e. The van der Waals surface area contributed by atoms with Crippen LogP contribution in [-0.2, 0) is 4.79 Å². The van der Waals surface area contributed by atoms with Crippen LogP contribution in [0.1, 0.15) is 25.5 Å². The number of nitrogens with zero attached hydrogens (tertiary/aromatic N) is 1. The molecule has 0 aliphatic rings. The van der Waals surface area contributed by atoms with Crippen LogP contribution in [0.3, 0.4) is 0 Å². The number of ether oxygens (including phenoxy) is 2. The van der Waals surface area contributed by atoms with Crippen LogP contribution < -0.4 is 9.47 Å². The van der Waals surface area contributed by atoms with Crippen molar-refractivity contribution in [3.8, 4) is 11.6 Å². The van der Waals surface area contributed by atoms with Gasteiger partial charge in [-0.05, 0) is 19.1 Å². The van der Waals surface area contributed by atoms with Crippen LogP contribution in [0.4, 0.5) is 0 Å². The summed E-state index contributed by atoms with van der Waals surface area (Å²) < 4.78 is 10.9. The first kappa shape index (κ1) is 13.1. The molecular weight excluding hydrogens is 242 g/mol. The number of benzene rings is 1. The molecule has 2 aromatic rings. The molecule has 0 saturated carbocycles. The number of carbonyl (C=O) groups is 1. The summed E-state index contributed by atoms with van der Waals surface area (Å²) in [7, 11) is 0. The Morgan fingerprint density at radius 2 is 1.89 bits per heavy atom. The molecule has 1 heterocycles. The van der Waals surface area contributed by atoms with Crippen molar-refractivity contribution in [2.75, 3.05) is 0 Å². The van der Waals surface area contributed by atoms with Gasteiger partial charge in [-0.1, -0.05) is 24.3 Å². The van der Waals surface area contributed by atoms with E-state index >= 15 is 0 Å². The summed E-state index contributed by atoms with van der Waals surface area (Å²) in [4.78, 5) is 15.2. The number of hydrogen-bond acceptors (Lipinski definition) is 4. The summed E-state index contributed by atoms with van der Waals surface area (Å²) in [6.45, 7) is 3.26. The molecule has 1 aromatic heterocycles. The van der Waals surface area contributed by atoms with Gasteiger partial charge in [0, 0.05) is 24.8 Å². The van der Waals surface area contributed by atoms with Crippen LogP contribution in [0.25, 0.3) is 0 Å². The first-order chi connectivity index (χ1) is 9.16. The van der Waals surface area contributed by atoms with Crippen LogP contribution in [0.5, 0.6) is 11.6 Å². The predicted molar refractivity (Wildman–Crippen MR) is 71.0 cm³/mol. The predicted octanol–water partition coefficient (Wildman–Crippen LogP) is 3.15. The third-order valence-corrected chi connectivity index (χ3v) is 2.55. The molecule has 0 saturated heterocycles. The maximum absolute atomic E-state index is 11.1. The Morgan fingerprint density at radius 3 is 2.58 bits per heavy atom. The second kappa shape index (κ2) is 6.00. The summed E-state index contributed by atoms with van der Waals surface area (Å²) in [5.41, 5.74) is 0.809. The van der Waals surface area contributed by atoms with Crippen LogP contribution in [0.15, 0.2) is 48.7 Å². The molecule has 0 amide bonds. The molecule has 0 fully saturated rings. The Morgan fingerprint density at radius 1 is 1.16 bits per heavy atom. The van der Waals surface area contributed by atoms with E-state index in [1.807, 2.05) is 37.3 Å². The van der Waals surface area contributed by atoms with E-state index in [0.717, 1.165) is 5.56 Å². The molecule has 2 rings (SSSR count). The van der Waals surface area contributed by atoms with Crippen molar-refractivity contribution in [3.05, 3.63) is 54.2 Å². The first-order valence-electron chi connectivity index (χ1n) is 6.02. The van der Waals surface area contributed by atoms with Gasteiger partial charge in [0.05, 0.1) is 0 Å². The van der Waals surface area contributed by atoms with Crippen LogP contribution >= 0.6 is 0 Å². The maximum atomic E-state index is 11.1. The molecule has 0 aliphatic carbocycles. The lowest BCUT2D eigenvalue weighted by Crippen LogP contribution is -2.09. The van der Waals surface area contributed by atoms with Crippen molar-refractivity contribution < 1.29 is 14.3 Å². The molecule has 0 N–H and O–H groups in total. The molecule has 1 aromatic carbocycles. The molecule has 4 heteroatoms. The van der Waals surface area contributed by atoms with Gasteiger partial charge >= 0.3 is 5.97 Å². The van der Waals surface area contributed by atoms with Crippen LogP contribution in [-0.4, -0.2) is 11.0 Å². The highest BCUT2D eigenvalue weighted by Crippen LogP contribution is 2.28. The fourth-order valence-corrected chi connectivity index (χ4v) is 1.73. The molecule has 1 unspecified atom stereocenters. The normalized spacial score (nSPS) is 11.7. The van der Waals surface area contributed by atoms with Gasteiger partial charge < -0.3 is 9.47 Å². The van der Waals surface area contributed by atoms with Gasteiger partial charge in [-0.3, -0.25) is 4.79 Å². The highest BCUT2D eigenvalue weighted by atomic mass is 16.5. The molecule has 1 atom stereocenters. The van der Waals surface area contributed by atoms with Crippen LogP contribution in [0, 0.1) is 0 Å². The summed E-state index contributed by atoms with van der Waals surface area (Å²) >= 11 is 0. The van der Waals surface area contributed by atoms with E-state index in [9.17, 15) is 4.79 Å². The van der Waals surface area contributed by atoms with E-state index in [1.165, 1.54) is 6.92 Å². The molecule has 98 valence electrons. The molecular formula is C15H15NO3. The summed E-state index contributed by atoms with van der Waals surface area (Å²) in [5.74, 6) is 0.698. The van der Waals surface area contributed by atoms with Crippen molar-refractivity contribution in [1.29, 1.82) is 0 Å². The van der Waals surface area contributed by atoms with Gasteiger partial charge in [-0.15, -0.1) is 0 Å². The molecule has 0 spiro atoms.